The van der Waals surface area contributed by atoms with Crippen molar-refractivity contribution in [2.45, 2.75) is 0 Å². The molecule has 24 heavy (non-hydrogen) atoms. The zero-order valence-electron chi connectivity index (χ0n) is 12.5. The summed E-state index contributed by atoms with van der Waals surface area (Å²) in [5.41, 5.74) is 1.45. The molecule has 5 nitrogen and oxygen atoms in total. The average molecular weight is 379 g/mol. The number of H-pyrrole nitrogens is 1. The standard InChI is InChI=1S/C16H12Cl2N4OS/c1-23-11-7-5-10(6-8-11)15-20-21-16(24)22(15)19-9-12-13(17)3-2-4-14(12)18/h2-9H,1H3,(H,21,24)/b19-9-. The fourth-order valence-corrected chi connectivity index (χ4v) is 2.75. The molecule has 3 rings (SSSR count). The number of nitrogens with zero attached hydrogens (tertiary/aromatic N) is 3. The molecule has 1 aromatic heterocycles. The largest absolute Gasteiger partial charge is 0.497 e. The van der Waals surface area contributed by atoms with E-state index in [0.717, 1.165) is 11.3 Å². The average Bonchev–Trinajstić information content (AvgIpc) is 2.95. The normalized spacial score (nSPS) is 11.1. The van der Waals surface area contributed by atoms with Crippen LogP contribution in [0, 0.1) is 4.77 Å². The second-order valence-electron chi connectivity index (χ2n) is 4.77. The molecule has 8 heteroatoms. The summed E-state index contributed by atoms with van der Waals surface area (Å²) in [5, 5.41) is 12.3. The smallest absolute Gasteiger partial charge is 0.216 e. The molecule has 3 aromatic rings. The Balaban J connectivity index is 2.01. The summed E-state index contributed by atoms with van der Waals surface area (Å²) >= 11 is 17.5. The molecule has 0 spiro atoms. The van der Waals surface area contributed by atoms with Crippen LogP contribution in [0.15, 0.2) is 47.6 Å². The predicted molar refractivity (Wildman–Crippen MR) is 98.9 cm³/mol. The highest BCUT2D eigenvalue weighted by Gasteiger charge is 2.09. The van der Waals surface area contributed by atoms with Crippen LogP contribution in [-0.2, 0) is 0 Å². The number of ether oxygens (including phenoxy) is 1. The minimum Gasteiger partial charge on any atom is -0.497 e. The maximum absolute atomic E-state index is 6.15. The Bertz CT molecular complexity index is 927. The van der Waals surface area contributed by atoms with Gasteiger partial charge in [-0.05, 0) is 48.6 Å². The molecule has 1 heterocycles. The van der Waals surface area contributed by atoms with Crippen molar-refractivity contribution in [1.29, 1.82) is 0 Å². The first kappa shape index (κ1) is 16.7. The Morgan fingerprint density at radius 3 is 2.46 bits per heavy atom. The van der Waals surface area contributed by atoms with Crippen LogP contribution in [0.1, 0.15) is 5.56 Å². The molecule has 122 valence electrons. The van der Waals surface area contributed by atoms with Crippen LogP contribution < -0.4 is 4.74 Å². The Morgan fingerprint density at radius 2 is 1.83 bits per heavy atom. The van der Waals surface area contributed by atoms with E-state index in [-0.39, 0.29) is 0 Å². The Kier molecular flexibility index (Phi) is 4.99. The molecule has 0 amide bonds. The highest BCUT2D eigenvalue weighted by molar-refractivity contribution is 7.71. The van der Waals surface area contributed by atoms with Gasteiger partial charge in [-0.15, -0.1) is 0 Å². The van der Waals surface area contributed by atoms with E-state index in [1.165, 1.54) is 4.68 Å². The predicted octanol–water partition coefficient (Wildman–Crippen LogP) is 4.81. The highest BCUT2D eigenvalue weighted by atomic mass is 35.5. The molecule has 0 radical (unpaired) electrons. The number of halogens is 2. The lowest BCUT2D eigenvalue weighted by molar-refractivity contribution is 0.415. The van der Waals surface area contributed by atoms with E-state index in [1.807, 2.05) is 24.3 Å². The summed E-state index contributed by atoms with van der Waals surface area (Å²) in [6.45, 7) is 0. The molecule has 0 saturated heterocycles. The van der Waals surface area contributed by atoms with Crippen LogP contribution >= 0.6 is 35.4 Å². The summed E-state index contributed by atoms with van der Waals surface area (Å²) in [6.07, 6.45) is 1.56. The fourth-order valence-electron chi connectivity index (χ4n) is 2.08. The summed E-state index contributed by atoms with van der Waals surface area (Å²) in [5.74, 6) is 1.33. The molecule has 0 aliphatic rings. The van der Waals surface area contributed by atoms with Crippen LogP contribution in [0.25, 0.3) is 11.4 Å². The van der Waals surface area contributed by atoms with Crippen LogP contribution in [0.3, 0.4) is 0 Å². The molecule has 0 bridgehead atoms. The van der Waals surface area contributed by atoms with Gasteiger partial charge < -0.3 is 4.74 Å². The zero-order chi connectivity index (χ0) is 17.1. The van der Waals surface area contributed by atoms with Crippen molar-refractivity contribution >= 4 is 41.6 Å². The molecular weight excluding hydrogens is 367 g/mol. The lowest BCUT2D eigenvalue weighted by atomic mass is 10.2. The maximum atomic E-state index is 6.15. The number of rotatable bonds is 4. The molecule has 0 aliphatic heterocycles. The lowest BCUT2D eigenvalue weighted by Crippen LogP contribution is -1.96. The van der Waals surface area contributed by atoms with Gasteiger partial charge in [-0.2, -0.15) is 14.9 Å². The summed E-state index contributed by atoms with van der Waals surface area (Å²) < 4.78 is 7.03. The fraction of sp³-hybridized carbons (Fsp3) is 0.0625. The van der Waals surface area contributed by atoms with E-state index in [9.17, 15) is 0 Å². The van der Waals surface area contributed by atoms with E-state index in [4.69, 9.17) is 40.2 Å². The van der Waals surface area contributed by atoms with Gasteiger partial charge in [0, 0.05) is 11.1 Å². The SMILES string of the molecule is COc1ccc(-c2n[nH]c(=S)n2/N=C\c2c(Cl)cccc2Cl)cc1. The van der Waals surface area contributed by atoms with Gasteiger partial charge in [0.2, 0.25) is 4.77 Å². The van der Waals surface area contributed by atoms with E-state index in [0.29, 0.717) is 26.2 Å². The van der Waals surface area contributed by atoms with Crippen molar-refractivity contribution in [1.82, 2.24) is 14.9 Å². The van der Waals surface area contributed by atoms with Crippen molar-refractivity contribution in [3.05, 3.63) is 62.8 Å². The first-order chi connectivity index (χ1) is 11.6. The van der Waals surface area contributed by atoms with Gasteiger partial charge in [-0.25, -0.2) is 5.10 Å². The second kappa shape index (κ2) is 7.17. The summed E-state index contributed by atoms with van der Waals surface area (Å²) in [7, 11) is 1.61. The highest BCUT2D eigenvalue weighted by Crippen LogP contribution is 2.23. The van der Waals surface area contributed by atoms with E-state index >= 15 is 0 Å². The van der Waals surface area contributed by atoms with Gasteiger partial charge in [0.1, 0.15) is 5.75 Å². The second-order valence-corrected chi connectivity index (χ2v) is 5.97. The van der Waals surface area contributed by atoms with Crippen molar-refractivity contribution in [3.63, 3.8) is 0 Å². The molecular formula is C16H12Cl2N4OS. The number of benzene rings is 2. The Morgan fingerprint density at radius 1 is 1.17 bits per heavy atom. The first-order valence-corrected chi connectivity index (χ1v) is 8.07. The van der Waals surface area contributed by atoms with Crippen LogP contribution in [-0.4, -0.2) is 28.2 Å². The van der Waals surface area contributed by atoms with Gasteiger partial charge >= 0.3 is 0 Å². The maximum Gasteiger partial charge on any atom is 0.216 e. The molecule has 2 aromatic carbocycles. The monoisotopic (exact) mass is 378 g/mol. The van der Waals surface area contributed by atoms with Crippen LogP contribution in [0.4, 0.5) is 0 Å². The van der Waals surface area contributed by atoms with Crippen molar-refractivity contribution in [2.24, 2.45) is 5.10 Å². The molecule has 0 aliphatic carbocycles. The van der Waals surface area contributed by atoms with E-state index in [2.05, 4.69) is 15.3 Å². The molecule has 0 unspecified atom stereocenters. The minimum atomic E-state index is 0.361. The van der Waals surface area contributed by atoms with Crippen molar-refractivity contribution < 1.29 is 4.74 Å². The number of hydrogen-bond donors (Lipinski definition) is 1. The molecule has 0 fully saturated rings. The van der Waals surface area contributed by atoms with Gasteiger partial charge in [0.25, 0.3) is 0 Å². The van der Waals surface area contributed by atoms with Gasteiger partial charge in [-0.1, -0.05) is 29.3 Å². The zero-order valence-corrected chi connectivity index (χ0v) is 14.9. The molecule has 0 atom stereocenters. The van der Waals surface area contributed by atoms with E-state index < -0.39 is 0 Å². The van der Waals surface area contributed by atoms with Gasteiger partial charge in [0.05, 0.1) is 23.4 Å². The number of methoxy groups -OCH3 is 1. The third kappa shape index (κ3) is 3.36. The molecule has 1 N–H and O–H groups in total. The Hall–Kier alpha value is -2.15. The number of aromatic nitrogens is 3. The first-order valence-electron chi connectivity index (χ1n) is 6.90. The van der Waals surface area contributed by atoms with Crippen LogP contribution in [0.5, 0.6) is 5.75 Å². The van der Waals surface area contributed by atoms with Crippen molar-refractivity contribution in [3.8, 4) is 17.1 Å². The number of nitrogens with one attached hydrogen (secondary N) is 1. The third-order valence-corrected chi connectivity index (χ3v) is 4.22. The summed E-state index contributed by atoms with van der Waals surface area (Å²) in [6, 6.07) is 12.7. The quantitative estimate of drug-likeness (QED) is 0.523. The molecule has 0 saturated carbocycles. The van der Waals surface area contributed by atoms with Gasteiger partial charge in [0.15, 0.2) is 5.82 Å². The Labute approximate surface area is 153 Å². The van der Waals surface area contributed by atoms with Gasteiger partial charge in [-0.3, -0.25) is 0 Å². The van der Waals surface area contributed by atoms with E-state index in [1.54, 1.807) is 31.5 Å². The van der Waals surface area contributed by atoms with Crippen LogP contribution in [0.2, 0.25) is 10.0 Å². The number of aromatic amines is 1. The number of hydrogen-bond acceptors (Lipinski definition) is 4. The third-order valence-electron chi connectivity index (χ3n) is 3.30. The topological polar surface area (TPSA) is 55.2 Å². The minimum absolute atomic E-state index is 0.361. The summed E-state index contributed by atoms with van der Waals surface area (Å²) in [4.78, 5) is 0. The lowest BCUT2D eigenvalue weighted by Gasteiger charge is -2.04. The van der Waals surface area contributed by atoms with Crippen molar-refractivity contribution in [2.75, 3.05) is 7.11 Å².